The third-order valence-corrected chi connectivity index (χ3v) is 5.89. The van der Waals surface area contributed by atoms with Crippen molar-refractivity contribution in [1.29, 1.82) is 0 Å². The first-order chi connectivity index (χ1) is 14.0. The van der Waals surface area contributed by atoms with Crippen molar-refractivity contribution >= 4 is 28.5 Å². The van der Waals surface area contributed by atoms with Crippen molar-refractivity contribution in [3.05, 3.63) is 67.9 Å². The standard InChI is InChI=1S/C22H25N3O3S/c1-5-10-18-14(3)19(22(27)28-6-2)20(29-18)23-13-17-15(4)24-25(21(17)26)16-11-8-7-9-12-16/h7-9,11-13,24H,5-6,10H2,1-4H3/b23-13+. The lowest BCUT2D eigenvalue weighted by Gasteiger charge is -2.02. The molecule has 0 saturated heterocycles. The number of esters is 1. The number of aliphatic imine (C=N–C) groups is 1. The zero-order chi connectivity index (χ0) is 21.0. The summed E-state index contributed by atoms with van der Waals surface area (Å²) in [4.78, 5) is 31.0. The summed E-state index contributed by atoms with van der Waals surface area (Å²) in [7, 11) is 0. The second-order valence-corrected chi connectivity index (χ2v) is 7.77. The van der Waals surface area contributed by atoms with Crippen LogP contribution in [0.4, 0.5) is 5.00 Å². The summed E-state index contributed by atoms with van der Waals surface area (Å²) in [6, 6.07) is 9.37. The van der Waals surface area contributed by atoms with Crippen molar-refractivity contribution in [2.24, 2.45) is 4.99 Å². The molecule has 1 aromatic carbocycles. The normalized spacial score (nSPS) is 11.3. The largest absolute Gasteiger partial charge is 0.462 e. The molecule has 0 saturated carbocycles. The minimum absolute atomic E-state index is 0.183. The fourth-order valence-electron chi connectivity index (χ4n) is 3.14. The van der Waals surface area contributed by atoms with Crippen LogP contribution in [0, 0.1) is 13.8 Å². The van der Waals surface area contributed by atoms with Crippen LogP contribution in [0.25, 0.3) is 5.69 Å². The molecule has 0 unspecified atom stereocenters. The van der Waals surface area contributed by atoms with Gasteiger partial charge in [0, 0.05) is 16.8 Å². The Morgan fingerprint density at radius 1 is 1.24 bits per heavy atom. The maximum Gasteiger partial charge on any atom is 0.341 e. The summed E-state index contributed by atoms with van der Waals surface area (Å²) in [5.41, 5.74) is 3.15. The van der Waals surface area contributed by atoms with Crippen molar-refractivity contribution in [3.8, 4) is 5.69 Å². The average Bonchev–Trinajstić information content (AvgIpc) is 3.17. The second-order valence-electron chi connectivity index (χ2n) is 6.69. The molecule has 0 aliphatic heterocycles. The highest BCUT2D eigenvalue weighted by Gasteiger charge is 2.22. The van der Waals surface area contributed by atoms with E-state index in [4.69, 9.17) is 4.74 Å². The first-order valence-corrected chi connectivity index (χ1v) is 10.5. The van der Waals surface area contributed by atoms with Gasteiger partial charge in [0.1, 0.15) is 5.00 Å². The topological polar surface area (TPSA) is 76.5 Å². The average molecular weight is 412 g/mol. The highest BCUT2D eigenvalue weighted by Crippen LogP contribution is 2.36. The SMILES string of the molecule is CCCc1sc(/N=C/c2c(C)[nH]n(-c3ccccc3)c2=O)c(C(=O)OCC)c1C. The van der Waals surface area contributed by atoms with Gasteiger partial charge in [-0.1, -0.05) is 31.5 Å². The fourth-order valence-corrected chi connectivity index (χ4v) is 4.38. The van der Waals surface area contributed by atoms with E-state index in [0.717, 1.165) is 29.0 Å². The van der Waals surface area contributed by atoms with E-state index in [2.05, 4.69) is 17.0 Å². The summed E-state index contributed by atoms with van der Waals surface area (Å²) in [6.45, 7) is 7.94. The number of carbonyl (C=O) groups is 1. The number of hydrogen-bond donors (Lipinski definition) is 1. The van der Waals surface area contributed by atoms with E-state index in [-0.39, 0.29) is 11.5 Å². The Morgan fingerprint density at radius 2 is 1.97 bits per heavy atom. The molecule has 0 amide bonds. The maximum absolute atomic E-state index is 12.9. The number of aromatic nitrogens is 2. The van der Waals surface area contributed by atoms with Crippen molar-refractivity contribution in [1.82, 2.24) is 9.78 Å². The van der Waals surface area contributed by atoms with E-state index >= 15 is 0 Å². The van der Waals surface area contributed by atoms with Gasteiger partial charge in [-0.05, 0) is 44.9 Å². The number of rotatable bonds is 7. The monoisotopic (exact) mass is 411 g/mol. The number of nitrogens with one attached hydrogen (secondary N) is 1. The molecule has 0 bridgehead atoms. The lowest BCUT2D eigenvalue weighted by molar-refractivity contribution is 0.0527. The van der Waals surface area contributed by atoms with Crippen molar-refractivity contribution in [2.45, 2.75) is 40.5 Å². The van der Waals surface area contributed by atoms with E-state index in [0.29, 0.717) is 28.4 Å². The van der Waals surface area contributed by atoms with Gasteiger partial charge < -0.3 is 4.74 Å². The lowest BCUT2D eigenvalue weighted by atomic mass is 10.1. The quantitative estimate of drug-likeness (QED) is 0.451. The Labute approximate surface area is 173 Å². The fraction of sp³-hybridized carbons (Fsp3) is 0.318. The van der Waals surface area contributed by atoms with Crippen LogP contribution in [0.3, 0.4) is 0 Å². The molecule has 0 spiro atoms. The first-order valence-electron chi connectivity index (χ1n) is 9.68. The molecule has 0 radical (unpaired) electrons. The van der Waals surface area contributed by atoms with Crippen molar-refractivity contribution in [3.63, 3.8) is 0 Å². The molecule has 1 N–H and O–H groups in total. The zero-order valence-electron chi connectivity index (χ0n) is 17.1. The Bertz CT molecular complexity index is 1090. The van der Waals surface area contributed by atoms with Crippen LogP contribution < -0.4 is 5.56 Å². The van der Waals surface area contributed by atoms with E-state index in [1.54, 1.807) is 6.92 Å². The molecule has 0 atom stereocenters. The highest BCUT2D eigenvalue weighted by atomic mass is 32.1. The minimum atomic E-state index is -0.372. The number of para-hydroxylation sites is 1. The van der Waals surface area contributed by atoms with Crippen LogP contribution in [-0.2, 0) is 11.2 Å². The lowest BCUT2D eigenvalue weighted by Crippen LogP contribution is -2.17. The Balaban J connectivity index is 2.02. The molecule has 3 aromatic rings. The predicted octanol–water partition coefficient (Wildman–Crippen LogP) is 4.72. The molecule has 2 heterocycles. The van der Waals surface area contributed by atoms with Gasteiger partial charge in [0.15, 0.2) is 0 Å². The molecule has 0 aliphatic carbocycles. The number of thiophene rings is 1. The summed E-state index contributed by atoms with van der Waals surface area (Å²) in [5, 5.41) is 3.66. The molecular weight excluding hydrogens is 386 g/mol. The van der Waals surface area contributed by atoms with E-state index in [1.165, 1.54) is 22.2 Å². The predicted molar refractivity (Wildman–Crippen MR) is 117 cm³/mol. The Morgan fingerprint density at radius 3 is 2.62 bits per heavy atom. The molecule has 3 rings (SSSR count). The molecular formula is C22H25N3O3S. The summed E-state index contributed by atoms with van der Waals surface area (Å²) in [5.74, 6) is -0.372. The number of carbonyl (C=O) groups excluding carboxylic acids is 1. The zero-order valence-corrected chi connectivity index (χ0v) is 17.9. The summed E-state index contributed by atoms with van der Waals surface area (Å²) >= 11 is 1.48. The minimum Gasteiger partial charge on any atom is -0.462 e. The molecule has 152 valence electrons. The first kappa shape index (κ1) is 20.8. The van der Waals surface area contributed by atoms with Crippen LogP contribution in [0.15, 0.2) is 40.1 Å². The number of H-pyrrole nitrogens is 1. The van der Waals surface area contributed by atoms with Crippen molar-refractivity contribution in [2.75, 3.05) is 6.61 Å². The molecule has 6 nitrogen and oxygen atoms in total. The van der Waals surface area contributed by atoms with Gasteiger partial charge in [0.25, 0.3) is 5.56 Å². The third kappa shape index (κ3) is 4.24. The van der Waals surface area contributed by atoms with Crippen LogP contribution in [0.1, 0.15) is 52.3 Å². The van der Waals surface area contributed by atoms with E-state index in [1.807, 2.05) is 44.2 Å². The van der Waals surface area contributed by atoms with Crippen LogP contribution in [0.5, 0.6) is 0 Å². The number of ether oxygens (including phenoxy) is 1. The van der Waals surface area contributed by atoms with Gasteiger partial charge in [-0.2, -0.15) is 0 Å². The second kappa shape index (κ2) is 9.05. The van der Waals surface area contributed by atoms with E-state index in [9.17, 15) is 9.59 Å². The number of aromatic amines is 1. The molecule has 0 fully saturated rings. The molecule has 7 heteroatoms. The number of benzene rings is 1. The van der Waals surface area contributed by atoms with Crippen LogP contribution in [-0.4, -0.2) is 28.6 Å². The Kier molecular flexibility index (Phi) is 6.49. The number of nitrogens with zero attached hydrogens (tertiary/aromatic N) is 2. The van der Waals surface area contributed by atoms with Gasteiger partial charge >= 0.3 is 5.97 Å². The summed E-state index contributed by atoms with van der Waals surface area (Å²) < 4.78 is 6.72. The summed E-state index contributed by atoms with van der Waals surface area (Å²) in [6.07, 6.45) is 3.39. The molecule has 0 aliphatic rings. The van der Waals surface area contributed by atoms with E-state index < -0.39 is 0 Å². The third-order valence-electron chi connectivity index (χ3n) is 4.63. The van der Waals surface area contributed by atoms with Crippen molar-refractivity contribution < 1.29 is 9.53 Å². The van der Waals surface area contributed by atoms with Gasteiger partial charge in [-0.15, -0.1) is 11.3 Å². The number of hydrogen-bond acceptors (Lipinski definition) is 5. The highest BCUT2D eigenvalue weighted by molar-refractivity contribution is 7.16. The smallest absolute Gasteiger partial charge is 0.341 e. The molecule has 2 aromatic heterocycles. The maximum atomic E-state index is 12.9. The Hall–Kier alpha value is -2.93. The van der Waals surface area contributed by atoms with Crippen LogP contribution in [0.2, 0.25) is 0 Å². The van der Waals surface area contributed by atoms with Gasteiger partial charge in [-0.25, -0.2) is 14.5 Å². The van der Waals surface area contributed by atoms with Crippen LogP contribution >= 0.6 is 11.3 Å². The van der Waals surface area contributed by atoms with Gasteiger partial charge in [0.05, 0.1) is 23.4 Å². The molecule has 29 heavy (non-hydrogen) atoms. The van der Waals surface area contributed by atoms with Gasteiger partial charge in [0.2, 0.25) is 0 Å². The van der Waals surface area contributed by atoms with Gasteiger partial charge in [-0.3, -0.25) is 9.89 Å². The number of aryl methyl sites for hydroxylation is 2.